The van der Waals surface area contributed by atoms with Crippen molar-refractivity contribution in [2.24, 2.45) is 0 Å². The molecule has 2 heterocycles. The lowest BCUT2D eigenvalue weighted by molar-refractivity contribution is -0.127. The van der Waals surface area contributed by atoms with Gasteiger partial charge in [0.25, 0.3) is 0 Å². The molecule has 3 N–H and O–H groups in total. The number of ether oxygens (including phenoxy) is 1. The molecule has 110 valence electrons. The van der Waals surface area contributed by atoms with E-state index in [1.54, 1.807) is 24.1 Å². The highest BCUT2D eigenvalue weighted by Crippen LogP contribution is 2.26. The fraction of sp³-hybridized carbons (Fsp3) is 0.571. The molecule has 1 fully saturated rings. The van der Waals surface area contributed by atoms with Gasteiger partial charge in [0.2, 0.25) is 11.8 Å². The first-order valence-electron chi connectivity index (χ1n) is 6.73. The smallest absolute Gasteiger partial charge is 0.244 e. The average Bonchev–Trinajstić information content (AvgIpc) is 2.64. The highest BCUT2D eigenvalue weighted by atomic mass is 16.5. The van der Waals surface area contributed by atoms with Gasteiger partial charge in [-0.25, -0.2) is 0 Å². The first-order chi connectivity index (χ1) is 9.26. The molecule has 0 aromatic carbocycles. The number of rotatable bonds is 3. The standard InChI is InChI=1S/C14H22N4O2/c1-14(2,3)20-12-9(15)5-6-11(17-12)16-10-7-8-18(4)13(10)19/h5-6,10H,7-8,15H2,1-4H3,(H,16,17). The van der Waals surface area contributed by atoms with Crippen LogP contribution in [0.25, 0.3) is 0 Å². The lowest BCUT2D eigenvalue weighted by Gasteiger charge is -2.22. The van der Waals surface area contributed by atoms with E-state index in [0.29, 0.717) is 17.4 Å². The van der Waals surface area contributed by atoms with Crippen molar-refractivity contribution in [2.45, 2.75) is 38.8 Å². The molecule has 6 heteroatoms. The molecular weight excluding hydrogens is 256 g/mol. The Hall–Kier alpha value is -1.98. The van der Waals surface area contributed by atoms with Crippen LogP contribution in [0.4, 0.5) is 11.5 Å². The molecule has 0 spiro atoms. The van der Waals surface area contributed by atoms with Gasteiger partial charge in [0.05, 0.1) is 5.69 Å². The van der Waals surface area contributed by atoms with Crippen LogP contribution in [0.1, 0.15) is 27.2 Å². The van der Waals surface area contributed by atoms with Crippen LogP contribution in [0.5, 0.6) is 5.88 Å². The maximum Gasteiger partial charge on any atom is 0.244 e. The van der Waals surface area contributed by atoms with Crippen molar-refractivity contribution in [3.63, 3.8) is 0 Å². The topological polar surface area (TPSA) is 80.5 Å². The second kappa shape index (κ2) is 5.19. The minimum Gasteiger partial charge on any atom is -0.470 e. The predicted octanol–water partition coefficient (Wildman–Crippen LogP) is 1.48. The second-order valence-electron chi connectivity index (χ2n) is 6.05. The minimum absolute atomic E-state index is 0.0851. The molecule has 1 atom stereocenters. The normalized spacial score (nSPS) is 19.3. The number of hydrogen-bond acceptors (Lipinski definition) is 5. The van der Waals surface area contributed by atoms with Crippen molar-refractivity contribution >= 4 is 17.4 Å². The summed E-state index contributed by atoms with van der Waals surface area (Å²) in [6.45, 7) is 6.56. The van der Waals surface area contributed by atoms with Gasteiger partial charge in [0, 0.05) is 13.6 Å². The first-order valence-corrected chi connectivity index (χ1v) is 6.73. The SMILES string of the molecule is CN1CCC(Nc2ccc(N)c(OC(C)(C)C)n2)C1=O. The Morgan fingerprint density at radius 3 is 2.70 bits per heavy atom. The Morgan fingerprint density at radius 2 is 2.15 bits per heavy atom. The maximum absolute atomic E-state index is 11.9. The zero-order valence-electron chi connectivity index (χ0n) is 12.4. The summed E-state index contributed by atoms with van der Waals surface area (Å²) in [5, 5.41) is 3.14. The van der Waals surface area contributed by atoms with Crippen molar-refractivity contribution in [1.29, 1.82) is 0 Å². The van der Waals surface area contributed by atoms with Gasteiger partial charge in [-0.1, -0.05) is 0 Å². The molecule has 0 radical (unpaired) electrons. The summed E-state index contributed by atoms with van der Waals surface area (Å²) < 4.78 is 5.71. The lowest BCUT2D eigenvalue weighted by Crippen LogP contribution is -2.31. The number of nitrogen functional groups attached to an aromatic ring is 1. The summed E-state index contributed by atoms with van der Waals surface area (Å²) in [7, 11) is 1.80. The van der Waals surface area contributed by atoms with Gasteiger partial charge in [-0.15, -0.1) is 0 Å². The molecule has 0 bridgehead atoms. The number of carbonyl (C=O) groups excluding carboxylic acids is 1. The number of aromatic nitrogens is 1. The third-order valence-electron chi connectivity index (χ3n) is 3.04. The van der Waals surface area contributed by atoms with Gasteiger partial charge in [-0.2, -0.15) is 4.98 Å². The highest BCUT2D eigenvalue weighted by Gasteiger charge is 2.29. The van der Waals surface area contributed by atoms with E-state index in [1.807, 2.05) is 20.8 Å². The van der Waals surface area contributed by atoms with E-state index in [4.69, 9.17) is 10.5 Å². The predicted molar refractivity (Wildman–Crippen MR) is 78.7 cm³/mol. The van der Waals surface area contributed by atoms with Crippen LogP contribution >= 0.6 is 0 Å². The lowest BCUT2D eigenvalue weighted by atomic mass is 10.2. The first kappa shape index (κ1) is 14.4. The monoisotopic (exact) mass is 278 g/mol. The molecular formula is C14H22N4O2. The van der Waals surface area contributed by atoms with Crippen LogP contribution in [0.15, 0.2) is 12.1 Å². The largest absolute Gasteiger partial charge is 0.470 e. The zero-order valence-corrected chi connectivity index (χ0v) is 12.4. The van der Waals surface area contributed by atoms with Crippen LogP contribution in [0.3, 0.4) is 0 Å². The molecule has 1 unspecified atom stereocenters. The van der Waals surface area contributed by atoms with Gasteiger partial charge in [0.1, 0.15) is 17.5 Å². The molecule has 6 nitrogen and oxygen atoms in total. The van der Waals surface area contributed by atoms with E-state index in [-0.39, 0.29) is 17.6 Å². The quantitative estimate of drug-likeness (QED) is 0.875. The summed E-state index contributed by atoms with van der Waals surface area (Å²) in [6, 6.07) is 3.27. The number of nitrogens with two attached hydrogens (primary N) is 1. The van der Waals surface area contributed by atoms with Crippen molar-refractivity contribution in [2.75, 3.05) is 24.6 Å². The van der Waals surface area contributed by atoms with E-state index < -0.39 is 0 Å². The summed E-state index contributed by atoms with van der Waals surface area (Å²) >= 11 is 0. The van der Waals surface area contributed by atoms with Crippen LogP contribution in [0, 0.1) is 0 Å². The van der Waals surface area contributed by atoms with E-state index in [9.17, 15) is 4.79 Å². The number of hydrogen-bond donors (Lipinski definition) is 2. The summed E-state index contributed by atoms with van der Waals surface area (Å²) in [6.07, 6.45) is 0.775. The Kier molecular flexibility index (Phi) is 3.74. The van der Waals surface area contributed by atoms with Crippen LogP contribution in [-0.4, -0.2) is 41.0 Å². The molecule has 1 amide bonds. The van der Waals surface area contributed by atoms with Crippen molar-refractivity contribution in [3.8, 4) is 5.88 Å². The fourth-order valence-corrected chi connectivity index (χ4v) is 2.04. The number of amides is 1. The van der Waals surface area contributed by atoms with Gasteiger partial charge < -0.3 is 20.7 Å². The molecule has 1 aromatic heterocycles. The van der Waals surface area contributed by atoms with Crippen molar-refractivity contribution in [1.82, 2.24) is 9.88 Å². The zero-order chi connectivity index (χ0) is 14.9. The third-order valence-corrected chi connectivity index (χ3v) is 3.04. The molecule has 1 aliphatic heterocycles. The number of pyridine rings is 1. The number of likely N-dealkylation sites (N-methyl/N-ethyl adjacent to an activating group) is 1. The number of likely N-dealkylation sites (tertiary alicyclic amines) is 1. The third kappa shape index (κ3) is 3.31. The number of carbonyl (C=O) groups is 1. The van der Waals surface area contributed by atoms with Gasteiger partial charge in [-0.3, -0.25) is 4.79 Å². The van der Waals surface area contributed by atoms with E-state index in [0.717, 1.165) is 13.0 Å². The van der Waals surface area contributed by atoms with Gasteiger partial charge >= 0.3 is 0 Å². The van der Waals surface area contributed by atoms with Gasteiger partial charge in [0.15, 0.2) is 0 Å². The highest BCUT2D eigenvalue weighted by molar-refractivity contribution is 5.86. The molecule has 0 saturated carbocycles. The van der Waals surface area contributed by atoms with Crippen LogP contribution in [-0.2, 0) is 4.79 Å². The fourth-order valence-electron chi connectivity index (χ4n) is 2.04. The average molecular weight is 278 g/mol. The molecule has 2 rings (SSSR count). The molecule has 1 aromatic rings. The molecule has 0 aliphatic carbocycles. The summed E-state index contributed by atoms with van der Waals surface area (Å²) in [5.41, 5.74) is 5.98. The number of anilines is 2. The van der Waals surface area contributed by atoms with E-state index in [1.165, 1.54) is 0 Å². The second-order valence-corrected chi connectivity index (χ2v) is 6.05. The molecule has 20 heavy (non-hydrogen) atoms. The number of nitrogens with zero attached hydrogens (tertiary/aromatic N) is 2. The van der Waals surface area contributed by atoms with Crippen LogP contribution in [0.2, 0.25) is 0 Å². The summed E-state index contributed by atoms with van der Waals surface area (Å²) in [5.74, 6) is 1.08. The van der Waals surface area contributed by atoms with Crippen LogP contribution < -0.4 is 15.8 Å². The molecule has 1 aliphatic rings. The van der Waals surface area contributed by atoms with Crippen molar-refractivity contribution in [3.05, 3.63) is 12.1 Å². The Labute approximate surface area is 119 Å². The number of nitrogens with one attached hydrogen (secondary N) is 1. The summed E-state index contributed by atoms with van der Waals surface area (Å²) in [4.78, 5) is 17.9. The van der Waals surface area contributed by atoms with Gasteiger partial charge in [-0.05, 0) is 39.3 Å². The molecule has 1 saturated heterocycles. The maximum atomic E-state index is 11.9. The Morgan fingerprint density at radius 1 is 1.45 bits per heavy atom. The van der Waals surface area contributed by atoms with Crippen molar-refractivity contribution < 1.29 is 9.53 Å². The Balaban J connectivity index is 2.13. The Bertz CT molecular complexity index is 510. The van der Waals surface area contributed by atoms with E-state index in [2.05, 4.69) is 10.3 Å². The minimum atomic E-state index is -0.372. The van der Waals surface area contributed by atoms with E-state index >= 15 is 0 Å².